The van der Waals surface area contributed by atoms with Crippen LogP contribution < -0.4 is 0 Å². The van der Waals surface area contributed by atoms with Crippen LogP contribution in [0.25, 0.3) is 0 Å². The van der Waals surface area contributed by atoms with Crippen molar-refractivity contribution in [2.24, 2.45) is 0 Å². The first-order valence-corrected chi connectivity index (χ1v) is 6.56. The van der Waals surface area contributed by atoms with Crippen molar-refractivity contribution in [3.63, 3.8) is 0 Å². The van der Waals surface area contributed by atoms with E-state index in [1.54, 1.807) is 6.07 Å². The van der Waals surface area contributed by atoms with Crippen molar-refractivity contribution in [3.8, 4) is 6.07 Å². The Labute approximate surface area is 121 Å². The van der Waals surface area contributed by atoms with Crippen molar-refractivity contribution in [3.05, 3.63) is 35.9 Å². The van der Waals surface area contributed by atoms with Crippen molar-refractivity contribution < 1.29 is 17.9 Å². The number of nitrogens with zero attached hydrogens (tertiary/aromatic N) is 1. The second-order valence-electron chi connectivity index (χ2n) is 2.49. The van der Waals surface area contributed by atoms with E-state index in [0.29, 0.717) is 7.11 Å². The number of nitriles is 1. The van der Waals surface area contributed by atoms with Crippen LogP contribution in [0.2, 0.25) is 0 Å². The van der Waals surface area contributed by atoms with E-state index >= 15 is 0 Å². The summed E-state index contributed by atoms with van der Waals surface area (Å²) < 4.78 is 34.6. The molecule has 19 heavy (non-hydrogen) atoms. The number of methoxy groups -OCH3 is 1. The summed E-state index contributed by atoms with van der Waals surface area (Å²) in [7, 11) is 0.583. The van der Waals surface area contributed by atoms with Crippen LogP contribution in [0.3, 0.4) is 0 Å². The Hall–Kier alpha value is -1.06. The van der Waals surface area contributed by atoms with E-state index < -0.39 is 6.36 Å². The second-order valence-corrected chi connectivity index (χ2v) is 3.05. The minimum atomic E-state index is -4.46. The lowest BCUT2D eigenvalue weighted by Gasteiger charge is -1.97. The van der Waals surface area contributed by atoms with Crippen molar-refractivity contribution in [2.45, 2.75) is 32.5 Å². The van der Waals surface area contributed by atoms with Crippen LogP contribution in [0.1, 0.15) is 26.3 Å². The molecule has 0 bridgehead atoms. The summed E-state index contributed by atoms with van der Waals surface area (Å²) in [4.78, 5) is 0. The van der Waals surface area contributed by atoms with Crippen LogP contribution >= 0.6 is 15.9 Å². The minimum Gasteiger partial charge on any atom is -0.295 e. The van der Waals surface area contributed by atoms with E-state index in [1.165, 1.54) is 12.5 Å². The number of ether oxygens (including phenoxy) is 1. The summed E-state index contributed by atoms with van der Waals surface area (Å²) in [5.41, 5.74) is 1.33. The zero-order valence-electron chi connectivity index (χ0n) is 11.5. The maximum absolute atomic E-state index is 10.6. The summed E-state index contributed by atoms with van der Waals surface area (Å²) in [6.07, 6.45) is -4.46. The first kappa shape index (κ1) is 23.1. The average Bonchev–Trinajstić information content (AvgIpc) is 2.43. The van der Waals surface area contributed by atoms with Gasteiger partial charge in [-0.1, -0.05) is 60.1 Å². The third-order valence-electron chi connectivity index (χ3n) is 1.23. The van der Waals surface area contributed by atoms with Gasteiger partial charge in [0.05, 0.1) is 6.07 Å². The predicted molar refractivity (Wildman–Crippen MR) is 74.8 cm³/mol. The summed E-state index contributed by atoms with van der Waals surface area (Å²) in [5.74, 6) is 0. The molecule has 1 aromatic carbocycles. The predicted octanol–water partition coefficient (Wildman–Crippen LogP) is 5.29. The van der Waals surface area contributed by atoms with E-state index in [0.717, 1.165) is 5.33 Å². The van der Waals surface area contributed by atoms with E-state index in [2.05, 4.69) is 32.8 Å². The van der Waals surface area contributed by atoms with Crippen molar-refractivity contribution >= 4 is 15.9 Å². The number of rotatable bonds is 1. The van der Waals surface area contributed by atoms with Gasteiger partial charge in [0, 0.05) is 19.4 Å². The largest absolute Gasteiger partial charge is 0.522 e. The Morgan fingerprint density at radius 3 is 1.68 bits per heavy atom. The number of benzene rings is 1. The van der Waals surface area contributed by atoms with Gasteiger partial charge >= 0.3 is 6.36 Å². The maximum Gasteiger partial charge on any atom is 0.522 e. The Bertz CT molecular complexity index is 310. The molecule has 2 nitrogen and oxygen atoms in total. The standard InChI is InChI=1S/C7H7Br.C2H3F3O.C2H3N.C2H6/c8-6-7-4-2-1-3-5-7;1-6-2(3,4)5;1-2-3;1-2/h1-5H,6H2;1H3;1H3;1-2H3. The SMILES string of the molecule is BrCc1ccccc1.CC.CC#N.COC(F)(F)F. The molecule has 0 saturated carbocycles. The first-order valence-electron chi connectivity index (χ1n) is 5.43. The molecule has 0 heterocycles. The van der Waals surface area contributed by atoms with Crippen LogP contribution in [0, 0.1) is 11.3 Å². The van der Waals surface area contributed by atoms with Gasteiger partial charge in [-0.05, 0) is 5.56 Å². The van der Waals surface area contributed by atoms with Gasteiger partial charge in [-0.2, -0.15) is 5.26 Å². The van der Waals surface area contributed by atoms with Gasteiger partial charge < -0.3 is 0 Å². The van der Waals surface area contributed by atoms with Gasteiger partial charge in [0.2, 0.25) is 0 Å². The highest BCUT2D eigenvalue weighted by Gasteiger charge is 2.25. The topological polar surface area (TPSA) is 33.0 Å². The normalized spacial score (nSPS) is 8.37. The molecule has 0 saturated heterocycles. The summed E-state index contributed by atoms with van der Waals surface area (Å²) in [5, 5.41) is 8.27. The molecule has 6 heteroatoms. The van der Waals surface area contributed by atoms with Crippen molar-refractivity contribution in [1.82, 2.24) is 0 Å². The molecule has 0 fully saturated rings. The van der Waals surface area contributed by atoms with Gasteiger partial charge in [0.15, 0.2) is 0 Å². The molecule has 0 radical (unpaired) electrons. The van der Waals surface area contributed by atoms with Crippen molar-refractivity contribution in [1.29, 1.82) is 5.26 Å². The molecule has 0 aliphatic carbocycles. The smallest absolute Gasteiger partial charge is 0.295 e. The summed E-state index contributed by atoms with van der Waals surface area (Å²) >= 11 is 3.36. The average molecular weight is 342 g/mol. The Kier molecular flexibility index (Phi) is 20.6. The van der Waals surface area contributed by atoms with Crippen LogP contribution in [0.4, 0.5) is 13.2 Å². The number of alkyl halides is 4. The van der Waals surface area contributed by atoms with Gasteiger partial charge in [-0.15, -0.1) is 13.2 Å². The molecule has 0 aliphatic heterocycles. The van der Waals surface area contributed by atoms with Gasteiger partial charge in [-0.25, -0.2) is 0 Å². The Morgan fingerprint density at radius 2 is 1.53 bits per heavy atom. The second kappa shape index (κ2) is 16.9. The fraction of sp³-hybridized carbons (Fsp3) is 0.462. The van der Waals surface area contributed by atoms with Crippen LogP contribution in [-0.2, 0) is 10.1 Å². The molecule has 0 amide bonds. The van der Waals surface area contributed by atoms with E-state index in [1.807, 2.05) is 32.0 Å². The number of halogens is 4. The molecular formula is C13H19BrF3NO. The third kappa shape index (κ3) is 26.5. The minimum absolute atomic E-state index is 0.583. The summed E-state index contributed by atoms with van der Waals surface area (Å²) in [6, 6.07) is 12.0. The monoisotopic (exact) mass is 341 g/mol. The summed E-state index contributed by atoms with van der Waals surface area (Å²) in [6.45, 7) is 5.43. The first-order chi connectivity index (χ1) is 8.91. The number of hydrogen-bond donors (Lipinski definition) is 0. The molecule has 0 unspecified atom stereocenters. The Morgan fingerprint density at radius 1 is 1.21 bits per heavy atom. The Balaban J connectivity index is -0.000000207. The fourth-order valence-corrected chi connectivity index (χ4v) is 0.941. The van der Waals surface area contributed by atoms with Crippen LogP contribution in [-0.4, -0.2) is 13.5 Å². The molecule has 110 valence electrons. The molecule has 0 spiro atoms. The molecule has 1 aromatic rings. The van der Waals surface area contributed by atoms with Gasteiger partial charge in [-0.3, -0.25) is 4.74 Å². The zero-order chi connectivity index (χ0) is 15.7. The van der Waals surface area contributed by atoms with E-state index in [4.69, 9.17) is 5.26 Å². The highest BCUT2D eigenvalue weighted by Crippen LogP contribution is 2.13. The lowest BCUT2D eigenvalue weighted by molar-refractivity contribution is -0.311. The quantitative estimate of drug-likeness (QED) is 0.650. The van der Waals surface area contributed by atoms with E-state index in [9.17, 15) is 13.2 Å². The van der Waals surface area contributed by atoms with Crippen LogP contribution in [0.15, 0.2) is 30.3 Å². The van der Waals surface area contributed by atoms with Gasteiger partial charge in [0.1, 0.15) is 0 Å². The maximum atomic E-state index is 10.6. The third-order valence-corrected chi connectivity index (χ3v) is 1.88. The zero-order valence-corrected chi connectivity index (χ0v) is 13.0. The highest BCUT2D eigenvalue weighted by atomic mass is 79.9. The molecule has 0 N–H and O–H groups in total. The van der Waals surface area contributed by atoms with E-state index in [-0.39, 0.29) is 0 Å². The molecule has 0 aliphatic rings. The fourth-order valence-electron chi connectivity index (χ4n) is 0.567. The van der Waals surface area contributed by atoms with Crippen LogP contribution in [0.5, 0.6) is 0 Å². The molecule has 0 atom stereocenters. The number of hydrogen-bond acceptors (Lipinski definition) is 2. The van der Waals surface area contributed by atoms with Gasteiger partial charge in [0.25, 0.3) is 0 Å². The molecule has 0 aromatic heterocycles. The lowest BCUT2D eigenvalue weighted by Crippen LogP contribution is -2.08. The molecular weight excluding hydrogens is 323 g/mol. The molecule has 1 rings (SSSR count). The van der Waals surface area contributed by atoms with Crippen molar-refractivity contribution in [2.75, 3.05) is 7.11 Å². The highest BCUT2D eigenvalue weighted by molar-refractivity contribution is 9.08. The lowest BCUT2D eigenvalue weighted by atomic mass is 10.2.